The molecule has 0 radical (unpaired) electrons. The third kappa shape index (κ3) is 6.51. The van der Waals surface area contributed by atoms with Crippen molar-refractivity contribution in [2.75, 3.05) is 12.4 Å². The standard InChI is InChI=1S/C26H22N4O8S/c1-37-26(34)21-19-7-2-3-8-20(19)39-24(21)28-22(31)23(32)29-27-14-15-5-4-6-18(13-15)38-25(33)16-9-11-17(12-10-16)30(35)36/h4-6,9-14H,2-3,7-8H2,1H3,(H,28,31)(H,29,32)/b27-14+. The van der Waals surface area contributed by atoms with Gasteiger partial charge in [-0.3, -0.25) is 19.7 Å². The normalized spacial score (nSPS) is 12.3. The summed E-state index contributed by atoms with van der Waals surface area (Å²) in [5, 5.41) is 17.3. The predicted octanol–water partition coefficient (Wildman–Crippen LogP) is 3.63. The van der Waals surface area contributed by atoms with Gasteiger partial charge in [-0.25, -0.2) is 15.0 Å². The predicted molar refractivity (Wildman–Crippen MR) is 141 cm³/mol. The van der Waals surface area contributed by atoms with Gasteiger partial charge < -0.3 is 14.8 Å². The van der Waals surface area contributed by atoms with E-state index in [-0.39, 0.29) is 27.6 Å². The third-order valence-corrected chi connectivity index (χ3v) is 6.96. The van der Waals surface area contributed by atoms with E-state index in [4.69, 9.17) is 9.47 Å². The van der Waals surface area contributed by atoms with E-state index in [9.17, 15) is 29.3 Å². The number of fused-ring (bicyclic) bond motifs is 1. The van der Waals surface area contributed by atoms with Gasteiger partial charge in [-0.2, -0.15) is 5.10 Å². The number of non-ortho nitro benzene ring substituents is 1. The van der Waals surface area contributed by atoms with Crippen LogP contribution in [0.25, 0.3) is 0 Å². The molecule has 3 aromatic rings. The van der Waals surface area contributed by atoms with Crippen molar-refractivity contribution in [1.82, 2.24) is 5.43 Å². The van der Waals surface area contributed by atoms with Crippen LogP contribution in [0.4, 0.5) is 10.7 Å². The quantitative estimate of drug-likeness (QED) is 0.112. The molecule has 13 heteroatoms. The summed E-state index contributed by atoms with van der Waals surface area (Å²) in [6, 6.07) is 11.2. The zero-order chi connectivity index (χ0) is 27.9. The Labute approximate surface area is 225 Å². The number of hydrogen-bond donors (Lipinski definition) is 2. The summed E-state index contributed by atoms with van der Waals surface area (Å²) >= 11 is 1.26. The average molecular weight is 551 g/mol. The Morgan fingerprint density at radius 3 is 2.49 bits per heavy atom. The molecule has 200 valence electrons. The summed E-state index contributed by atoms with van der Waals surface area (Å²) in [7, 11) is 1.26. The van der Waals surface area contributed by atoms with Crippen LogP contribution in [0.2, 0.25) is 0 Å². The number of nitrogens with one attached hydrogen (secondary N) is 2. The van der Waals surface area contributed by atoms with Gasteiger partial charge in [0, 0.05) is 17.0 Å². The van der Waals surface area contributed by atoms with Crippen LogP contribution in [0, 0.1) is 10.1 Å². The molecular formula is C26H22N4O8S. The maximum absolute atomic E-state index is 12.5. The molecule has 2 N–H and O–H groups in total. The molecule has 0 unspecified atom stereocenters. The van der Waals surface area contributed by atoms with Gasteiger partial charge in [-0.15, -0.1) is 11.3 Å². The molecule has 0 aliphatic heterocycles. The lowest BCUT2D eigenvalue weighted by molar-refractivity contribution is -0.384. The number of benzene rings is 2. The Balaban J connectivity index is 1.36. The van der Waals surface area contributed by atoms with E-state index >= 15 is 0 Å². The topological polar surface area (TPSA) is 166 Å². The van der Waals surface area contributed by atoms with Crippen LogP contribution in [-0.2, 0) is 27.2 Å². The lowest BCUT2D eigenvalue weighted by Crippen LogP contribution is -2.32. The van der Waals surface area contributed by atoms with Crippen molar-refractivity contribution >= 4 is 52.0 Å². The molecule has 0 saturated heterocycles. The number of esters is 2. The molecule has 1 aliphatic carbocycles. The first kappa shape index (κ1) is 27.1. The third-order valence-electron chi connectivity index (χ3n) is 5.76. The fourth-order valence-electron chi connectivity index (χ4n) is 3.89. The summed E-state index contributed by atoms with van der Waals surface area (Å²) in [4.78, 5) is 60.6. The monoisotopic (exact) mass is 550 g/mol. The average Bonchev–Trinajstić information content (AvgIpc) is 3.30. The highest BCUT2D eigenvalue weighted by Crippen LogP contribution is 2.38. The molecule has 4 rings (SSSR count). The summed E-state index contributed by atoms with van der Waals surface area (Å²) in [5.74, 6) is -3.16. The fraction of sp³-hybridized carbons (Fsp3) is 0.192. The molecule has 2 aromatic carbocycles. The second kappa shape index (κ2) is 12.1. The molecule has 0 fully saturated rings. The largest absolute Gasteiger partial charge is 0.465 e. The molecule has 12 nitrogen and oxygen atoms in total. The second-order valence-electron chi connectivity index (χ2n) is 8.33. The number of hydrazone groups is 1. The summed E-state index contributed by atoms with van der Waals surface area (Å²) < 4.78 is 10.2. The minimum atomic E-state index is -1.05. The first-order chi connectivity index (χ1) is 18.8. The van der Waals surface area contributed by atoms with Gasteiger partial charge in [0.2, 0.25) is 0 Å². The molecule has 2 amide bonds. The number of nitro groups is 1. The lowest BCUT2D eigenvalue weighted by Gasteiger charge is -2.11. The molecule has 1 heterocycles. The number of hydrogen-bond acceptors (Lipinski definition) is 10. The molecule has 0 spiro atoms. The van der Waals surface area contributed by atoms with Gasteiger partial charge in [-0.05, 0) is 61.1 Å². The highest BCUT2D eigenvalue weighted by Gasteiger charge is 2.28. The zero-order valence-electron chi connectivity index (χ0n) is 20.6. The molecule has 1 aromatic heterocycles. The van der Waals surface area contributed by atoms with E-state index in [2.05, 4.69) is 15.8 Å². The first-order valence-electron chi connectivity index (χ1n) is 11.7. The SMILES string of the molecule is COC(=O)c1c(NC(=O)C(=O)N/N=C/c2cccc(OC(=O)c3ccc([N+](=O)[O-])cc3)c2)sc2c1CCCC2. The number of aryl methyl sites for hydroxylation is 1. The second-order valence-corrected chi connectivity index (χ2v) is 9.43. The number of amides is 2. The van der Waals surface area contributed by atoms with Crippen LogP contribution in [0.1, 0.15) is 49.6 Å². The maximum atomic E-state index is 12.5. The van der Waals surface area contributed by atoms with Gasteiger partial charge in [0.05, 0.1) is 29.4 Å². The van der Waals surface area contributed by atoms with Crippen molar-refractivity contribution < 1.29 is 33.6 Å². The number of nitro benzene ring substituents is 1. The Kier molecular flexibility index (Phi) is 8.41. The van der Waals surface area contributed by atoms with E-state index in [1.807, 2.05) is 0 Å². The molecule has 1 aliphatic rings. The van der Waals surface area contributed by atoms with Gasteiger partial charge in [-0.1, -0.05) is 12.1 Å². The number of rotatable bonds is 7. The summed E-state index contributed by atoms with van der Waals surface area (Å²) in [5.41, 5.74) is 3.67. The number of nitrogens with zero attached hydrogens (tertiary/aromatic N) is 2. The van der Waals surface area contributed by atoms with Gasteiger partial charge in [0.15, 0.2) is 0 Å². The van der Waals surface area contributed by atoms with Crippen molar-refractivity contribution in [2.45, 2.75) is 25.7 Å². The molecule has 0 saturated carbocycles. The van der Waals surface area contributed by atoms with Crippen LogP contribution < -0.4 is 15.5 Å². The Bertz CT molecular complexity index is 1480. The Morgan fingerprint density at radius 1 is 1.03 bits per heavy atom. The van der Waals surface area contributed by atoms with Crippen LogP contribution in [-0.4, -0.2) is 42.0 Å². The zero-order valence-corrected chi connectivity index (χ0v) is 21.4. The fourth-order valence-corrected chi connectivity index (χ4v) is 5.16. The van der Waals surface area contributed by atoms with Gasteiger partial charge >= 0.3 is 23.8 Å². The van der Waals surface area contributed by atoms with Crippen LogP contribution >= 0.6 is 11.3 Å². The number of anilines is 1. The van der Waals surface area contributed by atoms with Crippen LogP contribution in [0.3, 0.4) is 0 Å². The van der Waals surface area contributed by atoms with E-state index < -0.39 is 28.7 Å². The number of carbonyl (C=O) groups excluding carboxylic acids is 4. The number of ether oxygens (including phenoxy) is 2. The number of methoxy groups -OCH3 is 1. The van der Waals surface area contributed by atoms with Crippen molar-refractivity contribution in [3.05, 3.63) is 85.8 Å². The van der Waals surface area contributed by atoms with E-state index in [0.717, 1.165) is 29.7 Å². The van der Waals surface area contributed by atoms with E-state index in [1.54, 1.807) is 12.1 Å². The Hall–Kier alpha value is -4.91. The van der Waals surface area contributed by atoms with Crippen LogP contribution in [0.15, 0.2) is 53.6 Å². The number of carbonyl (C=O) groups is 4. The summed E-state index contributed by atoms with van der Waals surface area (Å²) in [6.45, 7) is 0. The van der Waals surface area contributed by atoms with Crippen molar-refractivity contribution in [1.29, 1.82) is 0 Å². The lowest BCUT2D eigenvalue weighted by atomic mass is 9.95. The van der Waals surface area contributed by atoms with Crippen molar-refractivity contribution in [3.63, 3.8) is 0 Å². The molecule has 39 heavy (non-hydrogen) atoms. The molecule has 0 atom stereocenters. The number of thiophene rings is 1. The molecule has 0 bridgehead atoms. The van der Waals surface area contributed by atoms with E-state index in [1.165, 1.54) is 61.1 Å². The highest BCUT2D eigenvalue weighted by atomic mass is 32.1. The Morgan fingerprint density at radius 2 is 1.77 bits per heavy atom. The van der Waals surface area contributed by atoms with Gasteiger partial charge in [0.25, 0.3) is 5.69 Å². The van der Waals surface area contributed by atoms with Crippen molar-refractivity contribution in [2.24, 2.45) is 5.10 Å². The highest BCUT2D eigenvalue weighted by molar-refractivity contribution is 7.17. The van der Waals surface area contributed by atoms with Gasteiger partial charge in [0.1, 0.15) is 10.8 Å². The molecular weight excluding hydrogens is 528 g/mol. The minimum Gasteiger partial charge on any atom is -0.465 e. The smallest absolute Gasteiger partial charge is 0.343 e. The first-order valence-corrected chi connectivity index (χ1v) is 12.5. The van der Waals surface area contributed by atoms with Crippen LogP contribution in [0.5, 0.6) is 5.75 Å². The minimum absolute atomic E-state index is 0.125. The van der Waals surface area contributed by atoms with Crippen molar-refractivity contribution in [3.8, 4) is 5.75 Å². The maximum Gasteiger partial charge on any atom is 0.343 e. The van der Waals surface area contributed by atoms with E-state index in [0.29, 0.717) is 12.0 Å². The summed E-state index contributed by atoms with van der Waals surface area (Å²) in [6.07, 6.45) is 4.64.